The van der Waals surface area contributed by atoms with E-state index in [9.17, 15) is 4.79 Å². The number of aliphatic hydroxyl groups is 1. The average molecular weight is 255 g/mol. The van der Waals surface area contributed by atoms with Gasteiger partial charge in [0.2, 0.25) is 0 Å². The molecule has 0 bridgehead atoms. The third-order valence-electron chi connectivity index (χ3n) is 2.40. The Labute approximate surface area is 107 Å². The Bertz CT molecular complexity index is 417. The lowest BCUT2D eigenvalue weighted by Gasteiger charge is -2.16. The Hall–Kier alpha value is -1.40. The van der Waals surface area contributed by atoms with Gasteiger partial charge in [-0.25, -0.2) is 4.98 Å². The molecule has 0 spiro atoms. The van der Waals surface area contributed by atoms with Crippen LogP contribution in [0.15, 0.2) is 17.2 Å². The molecule has 1 heterocycles. The first-order valence-electron chi connectivity index (χ1n) is 6.00. The van der Waals surface area contributed by atoms with Gasteiger partial charge in [-0.2, -0.15) is 0 Å². The number of ether oxygens (including phenoxy) is 1. The van der Waals surface area contributed by atoms with E-state index in [4.69, 9.17) is 9.84 Å². The van der Waals surface area contributed by atoms with Crippen LogP contribution in [0.25, 0.3) is 0 Å². The molecular weight excluding hydrogens is 234 g/mol. The smallest absolute Gasteiger partial charge is 0.293 e. The summed E-state index contributed by atoms with van der Waals surface area (Å²) >= 11 is 0. The number of aromatic nitrogens is 2. The van der Waals surface area contributed by atoms with Crippen molar-refractivity contribution in [2.24, 2.45) is 5.92 Å². The van der Waals surface area contributed by atoms with E-state index in [-0.39, 0.29) is 24.0 Å². The van der Waals surface area contributed by atoms with Crippen molar-refractivity contribution in [2.45, 2.75) is 26.4 Å². The van der Waals surface area contributed by atoms with Gasteiger partial charge >= 0.3 is 0 Å². The second-order valence-electron chi connectivity index (χ2n) is 4.61. The summed E-state index contributed by atoms with van der Waals surface area (Å²) in [5.74, 6) is 0.625. The molecule has 102 valence electrons. The van der Waals surface area contributed by atoms with Crippen molar-refractivity contribution in [1.82, 2.24) is 9.55 Å². The third kappa shape index (κ3) is 4.12. The van der Waals surface area contributed by atoms with E-state index in [1.54, 1.807) is 24.1 Å². The van der Waals surface area contributed by atoms with Crippen LogP contribution in [-0.4, -0.2) is 41.0 Å². The van der Waals surface area contributed by atoms with Crippen molar-refractivity contribution in [1.29, 1.82) is 0 Å². The van der Waals surface area contributed by atoms with Gasteiger partial charge < -0.3 is 19.7 Å². The van der Waals surface area contributed by atoms with Crippen LogP contribution >= 0.6 is 0 Å². The lowest BCUT2D eigenvalue weighted by molar-refractivity contribution is 0.153. The second kappa shape index (κ2) is 7.13. The molecule has 1 atom stereocenters. The van der Waals surface area contributed by atoms with E-state index < -0.39 is 0 Å². The van der Waals surface area contributed by atoms with Crippen LogP contribution in [0, 0.1) is 5.92 Å². The minimum atomic E-state index is -0.329. The maximum absolute atomic E-state index is 12.1. The second-order valence-corrected chi connectivity index (χ2v) is 4.61. The SMILES string of the molecule is COCC(CO)Nc1nccn(CC(C)C)c1=O. The Morgan fingerprint density at radius 3 is 2.83 bits per heavy atom. The summed E-state index contributed by atoms with van der Waals surface area (Å²) in [5.41, 5.74) is -0.180. The van der Waals surface area contributed by atoms with Crippen LogP contribution in [0.5, 0.6) is 0 Å². The molecule has 18 heavy (non-hydrogen) atoms. The summed E-state index contributed by atoms with van der Waals surface area (Å²) in [5, 5.41) is 12.0. The van der Waals surface area contributed by atoms with Gasteiger partial charge in [0.05, 0.1) is 19.3 Å². The fraction of sp³-hybridized carbons (Fsp3) is 0.667. The highest BCUT2D eigenvalue weighted by molar-refractivity contribution is 5.32. The molecule has 1 rings (SSSR count). The van der Waals surface area contributed by atoms with Gasteiger partial charge in [-0.3, -0.25) is 4.79 Å². The maximum Gasteiger partial charge on any atom is 0.293 e. The predicted molar refractivity (Wildman–Crippen MR) is 69.7 cm³/mol. The number of anilines is 1. The van der Waals surface area contributed by atoms with Gasteiger partial charge in [0.1, 0.15) is 0 Å². The Morgan fingerprint density at radius 2 is 2.28 bits per heavy atom. The van der Waals surface area contributed by atoms with Crippen molar-refractivity contribution in [2.75, 3.05) is 25.6 Å². The number of nitrogens with one attached hydrogen (secondary N) is 1. The van der Waals surface area contributed by atoms with Crippen LogP contribution in [0.4, 0.5) is 5.82 Å². The van der Waals surface area contributed by atoms with Crippen LogP contribution < -0.4 is 10.9 Å². The molecule has 0 saturated heterocycles. The molecule has 0 aromatic carbocycles. The van der Waals surface area contributed by atoms with Crippen LogP contribution in [0.3, 0.4) is 0 Å². The minimum absolute atomic E-state index is 0.117. The Kier molecular flexibility index (Phi) is 5.80. The summed E-state index contributed by atoms with van der Waals surface area (Å²) in [4.78, 5) is 16.1. The summed E-state index contributed by atoms with van der Waals surface area (Å²) in [6.07, 6.45) is 3.24. The minimum Gasteiger partial charge on any atom is -0.394 e. The van der Waals surface area contributed by atoms with E-state index in [0.29, 0.717) is 19.1 Å². The number of nitrogens with zero attached hydrogens (tertiary/aromatic N) is 2. The van der Waals surface area contributed by atoms with Gasteiger partial charge in [-0.1, -0.05) is 13.8 Å². The van der Waals surface area contributed by atoms with E-state index >= 15 is 0 Å². The van der Waals surface area contributed by atoms with Crippen LogP contribution in [-0.2, 0) is 11.3 Å². The molecule has 0 radical (unpaired) electrons. The van der Waals surface area contributed by atoms with Crippen LogP contribution in [0.1, 0.15) is 13.8 Å². The Balaban J connectivity index is 2.86. The van der Waals surface area contributed by atoms with Crippen molar-refractivity contribution in [3.63, 3.8) is 0 Å². The number of hydrogen-bond acceptors (Lipinski definition) is 5. The number of rotatable bonds is 7. The number of hydrogen-bond donors (Lipinski definition) is 2. The average Bonchev–Trinajstić information content (AvgIpc) is 2.32. The summed E-state index contributed by atoms with van der Waals surface area (Å²) in [7, 11) is 1.54. The zero-order valence-corrected chi connectivity index (χ0v) is 11.1. The molecule has 2 N–H and O–H groups in total. The summed E-state index contributed by atoms with van der Waals surface area (Å²) < 4.78 is 6.55. The Morgan fingerprint density at radius 1 is 1.56 bits per heavy atom. The normalized spacial score (nSPS) is 12.7. The third-order valence-corrected chi connectivity index (χ3v) is 2.40. The molecule has 1 unspecified atom stereocenters. The van der Waals surface area contributed by atoms with E-state index in [1.807, 2.05) is 13.8 Å². The molecule has 6 heteroatoms. The molecule has 1 aromatic heterocycles. The van der Waals surface area contributed by atoms with Crippen molar-refractivity contribution in [3.8, 4) is 0 Å². The molecular formula is C12H21N3O3. The van der Waals surface area contributed by atoms with Crippen molar-refractivity contribution < 1.29 is 9.84 Å². The van der Waals surface area contributed by atoms with Gasteiger partial charge in [-0.05, 0) is 5.92 Å². The van der Waals surface area contributed by atoms with Crippen molar-refractivity contribution in [3.05, 3.63) is 22.7 Å². The lowest BCUT2D eigenvalue weighted by Crippen LogP contribution is -2.34. The fourth-order valence-corrected chi connectivity index (χ4v) is 1.62. The predicted octanol–water partition coefficient (Wildman–Crippen LogP) is 0.318. The molecule has 1 aromatic rings. The lowest BCUT2D eigenvalue weighted by atomic mass is 10.2. The van der Waals surface area contributed by atoms with Gasteiger partial charge in [-0.15, -0.1) is 0 Å². The first-order chi connectivity index (χ1) is 8.58. The van der Waals surface area contributed by atoms with Gasteiger partial charge in [0, 0.05) is 26.0 Å². The molecule has 0 aliphatic carbocycles. The van der Waals surface area contributed by atoms with E-state index in [0.717, 1.165) is 0 Å². The van der Waals surface area contributed by atoms with Gasteiger partial charge in [0.25, 0.3) is 5.56 Å². The molecule has 0 aliphatic heterocycles. The summed E-state index contributed by atoms with van der Waals surface area (Å²) in [6, 6.07) is -0.329. The molecule has 6 nitrogen and oxygen atoms in total. The number of aliphatic hydroxyl groups excluding tert-OH is 1. The largest absolute Gasteiger partial charge is 0.394 e. The number of methoxy groups -OCH3 is 1. The van der Waals surface area contributed by atoms with Crippen LogP contribution in [0.2, 0.25) is 0 Å². The van der Waals surface area contributed by atoms with E-state index in [2.05, 4.69) is 10.3 Å². The first kappa shape index (κ1) is 14.7. The topological polar surface area (TPSA) is 76.4 Å². The standard InChI is InChI=1S/C12H21N3O3/c1-9(2)6-15-5-4-13-11(12(15)17)14-10(7-16)8-18-3/h4-5,9-10,16H,6-8H2,1-3H3,(H,13,14). The molecule has 0 saturated carbocycles. The highest BCUT2D eigenvalue weighted by Gasteiger charge is 2.11. The highest BCUT2D eigenvalue weighted by Crippen LogP contribution is 2.00. The zero-order valence-electron chi connectivity index (χ0n) is 11.1. The zero-order chi connectivity index (χ0) is 13.5. The molecule has 0 fully saturated rings. The van der Waals surface area contributed by atoms with E-state index in [1.165, 1.54) is 0 Å². The summed E-state index contributed by atoms with van der Waals surface area (Å²) in [6.45, 7) is 4.93. The maximum atomic E-state index is 12.1. The molecule has 0 aliphatic rings. The quantitative estimate of drug-likeness (QED) is 0.733. The molecule has 0 amide bonds. The van der Waals surface area contributed by atoms with Gasteiger partial charge in [0.15, 0.2) is 5.82 Å². The first-order valence-corrected chi connectivity index (χ1v) is 6.00. The highest BCUT2D eigenvalue weighted by atomic mass is 16.5. The fourth-order valence-electron chi connectivity index (χ4n) is 1.62. The van der Waals surface area contributed by atoms with Crippen molar-refractivity contribution >= 4 is 5.82 Å². The monoisotopic (exact) mass is 255 g/mol.